The lowest BCUT2D eigenvalue weighted by atomic mass is 9.95. The summed E-state index contributed by atoms with van der Waals surface area (Å²) in [6.07, 6.45) is 0.884. The lowest BCUT2D eigenvalue weighted by molar-refractivity contribution is -0.121. The number of amides is 1. The van der Waals surface area contributed by atoms with Gasteiger partial charge < -0.3 is 10.5 Å². The van der Waals surface area contributed by atoms with E-state index in [4.69, 9.17) is 5.21 Å². The van der Waals surface area contributed by atoms with E-state index in [0.717, 1.165) is 10.0 Å². The van der Waals surface area contributed by atoms with Crippen molar-refractivity contribution in [3.05, 3.63) is 34.3 Å². The van der Waals surface area contributed by atoms with Crippen molar-refractivity contribution in [1.82, 2.24) is 5.32 Å². The van der Waals surface area contributed by atoms with Gasteiger partial charge >= 0.3 is 0 Å². The van der Waals surface area contributed by atoms with Crippen molar-refractivity contribution >= 4 is 27.5 Å². The molecule has 84 valence electrons. The first-order chi connectivity index (χ1) is 7.70. The molecule has 1 amide bonds. The number of halogens is 1. The topological polar surface area (TPSA) is 61.7 Å². The van der Waals surface area contributed by atoms with Crippen molar-refractivity contribution in [1.29, 1.82) is 0 Å². The molecule has 4 nitrogen and oxygen atoms in total. The van der Waals surface area contributed by atoms with Crippen molar-refractivity contribution in [2.45, 2.75) is 18.9 Å². The van der Waals surface area contributed by atoms with E-state index in [0.29, 0.717) is 18.6 Å². The number of nitrogens with one attached hydrogen (secondary N) is 1. The third-order valence-electron chi connectivity index (χ3n) is 2.58. The average molecular weight is 283 g/mol. The van der Waals surface area contributed by atoms with Gasteiger partial charge in [-0.25, -0.2) is 0 Å². The van der Waals surface area contributed by atoms with Gasteiger partial charge in [-0.1, -0.05) is 33.2 Å². The van der Waals surface area contributed by atoms with Crippen LogP contribution in [0.25, 0.3) is 0 Å². The smallest absolute Gasteiger partial charge is 0.221 e. The number of carbonyl (C=O) groups is 1. The minimum absolute atomic E-state index is 0.0136. The highest BCUT2D eigenvalue weighted by Gasteiger charge is 2.26. The molecule has 1 atom stereocenters. The second-order valence-corrected chi connectivity index (χ2v) is 4.56. The zero-order valence-electron chi connectivity index (χ0n) is 8.48. The van der Waals surface area contributed by atoms with E-state index >= 15 is 0 Å². The summed E-state index contributed by atoms with van der Waals surface area (Å²) < 4.78 is 0.973. The fourth-order valence-electron chi connectivity index (χ4n) is 1.74. The Kier molecular flexibility index (Phi) is 3.24. The zero-order chi connectivity index (χ0) is 11.5. The maximum absolute atomic E-state index is 11.3. The van der Waals surface area contributed by atoms with Gasteiger partial charge in [-0.2, -0.15) is 0 Å². The van der Waals surface area contributed by atoms with Gasteiger partial charge in [-0.15, -0.1) is 0 Å². The predicted molar refractivity (Wildman–Crippen MR) is 63.5 cm³/mol. The molecule has 16 heavy (non-hydrogen) atoms. The van der Waals surface area contributed by atoms with Crippen LogP contribution in [0.2, 0.25) is 0 Å². The Hall–Kier alpha value is -1.36. The molecule has 1 saturated heterocycles. The SMILES string of the molecule is O=C1CC/C(=N/O)C(c2ccc(Br)cc2)N1. The molecule has 0 aliphatic carbocycles. The van der Waals surface area contributed by atoms with E-state index < -0.39 is 0 Å². The number of nitrogens with zero attached hydrogens (tertiary/aromatic N) is 1. The van der Waals surface area contributed by atoms with Crippen molar-refractivity contribution in [3.63, 3.8) is 0 Å². The molecule has 1 aliphatic heterocycles. The summed E-state index contributed by atoms with van der Waals surface area (Å²) in [5.41, 5.74) is 1.52. The lowest BCUT2D eigenvalue weighted by Gasteiger charge is -2.24. The van der Waals surface area contributed by atoms with E-state index in [2.05, 4.69) is 26.4 Å². The van der Waals surface area contributed by atoms with E-state index in [-0.39, 0.29) is 11.9 Å². The van der Waals surface area contributed by atoms with E-state index in [1.54, 1.807) is 0 Å². The quantitative estimate of drug-likeness (QED) is 0.613. The van der Waals surface area contributed by atoms with Crippen LogP contribution in [0.5, 0.6) is 0 Å². The summed E-state index contributed by atoms with van der Waals surface area (Å²) in [5.74, 6) is -0.0136. The maximum atomic E-state index is 11.3. The molecule has 0 bridgehead atoms. The van der Waals surface area contributed by atoms with Crippen LogP contribution in [0.3, 0.4) is 0 Å². The first-order valence-corrected chi connectivity index (χ1v) is 5.75. The van der Waals surface area contributed by atoms with Crippen LogP contribution in [0.4, 0.5) is 0 Å². The second kappa shape index (κ2) is 4.65. The van der Waals surface area contributed by atoms with Gasteiger partial charge in [-0.05, 0) is 17.7 Å². The Balaban J connectivity index is 2.29. The predicted octanol–water partition coefficient (Wildman–Crippen LogP) is 2.23. The fraction of sp³-hybridized carbons (Fsp3) is 0.273. The number of hydrogen-bond donors (Lipinski definition) is 2. The summed E-state index contributed by atoms with van der Waals surface area (Å²) >= 11 is 3.35. The molecular formula is C11H11BrN2O2. The monoisotopic (exact) mass is 282 g/mol. The Morgan fingerprint density at radius 1 is 1.31 bits per heavy atom. The fourth-order valence-corrected chi connectivity index (χ4v) is 2.01. The third-order valence-corrected chi connectivity index (χ3v) is 3.11. The molecule has 0 aromatic heterocycles. The van der Waals surface area contributed by atoms with E-state index in [1.807, 2.05) is 24.3 Å². The highest BCUT2D eigenvalue weighted by molar-refractivity contribution is 9.10. The highest BCUT2D eigenvalue weighted by Crippen LogP contribution is 2.23. The van der Waals surface area contributed by atoms with Crippen molar-refractivity contribution in [2.75, 3.05) is 0 Å². The summed E-state index contributed by atoms with van der Waals surface area (Å²) in [4.78, 5) is 11.3. The molecule has 0 saturated carbocycles. The standard InChI is InChI=1S/C11H11BrN2O2/c12-8-3-1-7(2-4-8)11-9(14-16)5-6-10(15)13-11/h1-4,11,16H,5-6H2,(H,13,15)/b14-9-. The van der Waals surface area contributed by atoms with Crippen molar-refractivity contribution in [3.8, 4) is 0 Å². The maximum Gasteiger partial charge on any atom is 0.221 e. The van der Waals surface area contributed by atoms with Gasteiger partial charge in [0.15, 0.2) is 0 Å². The summed E-state index contributed by atoms with van der Waals surface area (Å²) in [5, 5.41) is 15.0. The third kappa shape index (κ3) is 2.24. The van der Waals surface area contributed by atoms with Crippen LogP contribution < -0.4 is 5.32 Å². The second-order valence-electron chi connectivity index (χ2n) is 3.64. The van der Waals surface area contributed by atoms with Crippen LogP contribution in [-0.2, 0) is 4.79 Å². The average Bonchev–Trinajstić information content (AvgIpc) is 2.30. The molecule has 0 radical (unpaired) electrons. The summed E-state index contributed by atoms with van der Waals surface area (Å²) in [6, 6.07) is 7.27. The molecule has 1 heterocycles. The Morgan fingerprint density at radius 2 is 2.00 bits per heavy atom. The minimum atomic E-state index is -0.306. The van der Waals surface area contributed by atoms with Gasteiger partial charge in [0, 0.05) is 17.3 Å². The van der Waals surface area contributed by atoms with Gasteiger partial charge in [-0.3, -0.25) is 4.79 Å². The normalized spacial score (nSPS) is 23.2. The molecule has 2 N–H and O–H groups in total. The number of oxime groups is 1. The number of carbonyl (C=O) groups excluding carboxylic acids is 1. The number of rotatable bonds is 1. The van der Waals surface area contributed by atoms with Gasteiger partial charge in [0.1, 0.15) is 0 Å². The number of hydrogen-bond acceptors (Lipinski definition) is 3. The largest absolute Gasteiger partial charge is 0.411 e. The molecule has 2 rings (SSSR count). The van der Waals surface area contributed by atoms with Crippen LogP contribution in [0.15, 0.2) is 33.9 Å². The van der Waals surface area contributed by atoms with Crippen LogP contribution in [-0.4, -0.2) is 16.8 Å². The summed E-state index contributed by atoms with van der Waals surface area (Å²) in [7, 11) is 0. The van der Waals surface area contributed by atoms with Crippen LogP contribution in [0, 0.1) is 0 Å². The Labute approximate surface area is 101 Å². The molecular weight excluding hydrogens is 272 g/mol. The van der Waals surface area contributed by atoms with E-state index in [1.165, 1.54) is 0 Å². The van der Waals surface area contributed by atoms with Crippen molar-refractivity contribution < 1.29 is 10.0 Å². The van der Waals surface area contributed by atoms with Crippen LogP contribution in [0.1, 0.15) is 24.4 Å². The zero-order valence-corrected chi connectivity index (χ0v) is 10.1. The highest BCUT2D eigenvalue weighted by atomic mass is 79.9. The molecule has 1 aromatic rings. The molecule has 1 aliphatic rings. The van der Waals surface area contributed by atoms with Gasteiger partial charge in [0.05, 0.1) is 11.8 Å². The van der Waals surface area contributed by atoms with Gasteiger partial charge in [0.2, 0.25) is 5.91 Å². The Morgan fingerprint density at radius 3 is 2.62 bits per heavy atom. The van der Waals surface area contributed by atoms with Crippen molar-refractivity contribution in [2.24, 2.45) is 5.16 Å². The Bertz CT molecular complexity index is 428. The summed E-state index contributed by atoms with van der Waals surface area (Å²) in [6.45, 7) is 0. The minimum Gasteiger partial charge on any atom is -0.411 e. The molecule has 1 aromatic carbocycles. The van der Waals surface area contributed by atoms with E-state index in [9.17, 15) is 4.79 Å². The molecule has 1 unspecified atom stereocenters. The first-order valence-electron chi connectivity index (χ1n) is 4.96. The molecule has 0 spiro atoms. The number of piperidine rings is 1. The first kappa shape index (κ1) is 11.1. The van der Waals surface area contributed by atoms with Crippen LogP contribution >= 0.6 is 15.9 Å². The van der Waals surface area contributed by atoms with Gasteiger partial charge in [0.25, 0.3) is 0 Å². The lowest BCUT2D eigenvalue weighted by Crippen LogP contribution is -2.38. The number of benzene rings is 1. The molecule has 5 heteroatoms. The molecule has 1 fully saturated rings.